The van der Waals surface area contributed by atoms with Crippen molar-refractivity contribution in [2.75, 3.05) is 0 Å². The predicted molar refractivity (Wildman–Crippen MR) is 55.7 cm³/mol. The lowest BCUT2D eigenvalue weighted by molar-refractivity contribution is -0.118. The summed E-state index contributed by atoms with van der Waals surface area (Å²) in [6.45, 7) is 6.83. The molecule has 0 saturated heterocycles. The molecule has 0 aromatic heterocycles. The van der Waals surface area contributed by atoms with Gasteiger partial charge in [0.15, 0.2) is 0 Å². The van der Waals surface area contributed by atoms with Gasteiger partial charge in [0.1, 0.15) is 5.78 Å². The minimum absolute atomic E-state index is 0.339. The second kappa shape index (κ2) is 4.26. The second-order valence-electron chi connectivity index (χ2n) is 5.12. The number of ketones is 1. The third-order valence-electron chi connectivity index (χ3n) is 3.25. The van der Waals surface area contributed by atoms with Gasteiger partial charge in [0.05, 0.1) is 0 Å². The SMILES string of the molecule is CCCC(C)CC1(C)CCC(=O)C1. The zero-order chi connectivity index (χ0) is 9.90. The van der Waals surface area contributed by atoms with E-state index in [1.54, 1.807) is 0 Å². The number of Topliss-reactive ketones (excluding diaryl/α,β-unsaturated/α-hetero) is 1. The Balaban J connectivity index is 2.38. The third kappa shape index (κ3) is 3.13. The fraction of sp³-hybridized carbons (Fsp3) is 0.917. The molecule has 1 rings (SSSR count). The van der Waals surface area contributed by atoms with E-state index in [0.29, 0.717) is 11.2 Å². The van der Waals surface area contributed by atoms with Crippen molar-refractivity contribution in [3.05, 3.63) is 0 Å². The summed E-state index contributed by atoms with van der Waals surface area (Å²) in [5.41, 5.74) is 0.339. The first-order valence-corrected chi connectivity index (χ1v) is 5.57. The van der Waals surface area contributed by atoms with Gasteiger partial charge in [-0.15, -0.1) is 0 Å². The van der Waals surface area contributed by atoms with Crippen LogP contribution in [0.3, 0.4) is 0 Å². The number of carbonyl (C=O) groups excluding carboxylic acids is 1. The highest BCUT2D eigenvalue weighted by Crippen LogP contribution is 2.41. The molecule has 0 aromatic rings. The van der Waals surface area contributed by atoms with Crippen molar-refractivity contribution in [3.63, 3.8) is 0 Å². The number of hydrogen-bond acceptors (Lipinski definition) is 1. The fourth-order valence-corrected chi connectivity index (χ4v) is 2.70. The summed E-state index contributed by atoms with van der Waals surface area (Å²) in [7, 11) is 0. The Bertz CT molecular complexity index is 186. The van der Waals surface area contributed by atoms with E-state index in [0.717, 1.165) is 25.2 Å². The van der Waals surface area contributed by atoms with Crippen LogP contribution in [0, 0.1) is 11.3 Å². The van der Waals surface area contributed by atoms with Gasteiger partial charge in [-0.05, 0) is 24.2 Å². The van der Waals surface area contributed by atoms with Crippen molar-refractivity contribution < 1.29 is 4.79 Å². The van der Waals surface area contributed by atoms with Gasteiger partial charge in [0.25, 0.3) is 0 Å². The normalized spacial score (nSPS) is 30.8. The Morgan fingerprint density at radius 1 is 1.54 bits per heavy atom. The quantitative estimate of drug-likeness (QED) is 0.649. The van der Waals surface area contributed by atoms with Crippen LogP contribution in [0.1, 0.15) is 59.3 Å². The maximum atomic E-state index is 11.2. The molecule has 0 radical (unpaired) electrons. The molecule has 2 unspecified atom stereocenters. The van der Waals surface area contributed by atoms with E-state index in [1.165, 1.54) is 19.3 Å². The molecule has 1 saturated carbocycles. The van der Waals surface area contributed by atoms with Gasteiger partial charge in [0, 0.05) is 12.8 Å². The lowest BCUT2D eigenvalue weighted by Gasteiger charge is -2.26. The number of rotatable bonds is 4. The number of carbonyl (C=O) groups is 1. The molecule has 76 valence electrons. The van der Waals surface area contributed by atoms with Crippen molar-refractivity contribution in [2.45, 2.75) is 59.3 Å². The molecule has 0 heterocycles. The fourth-order valence-electron chi connectivity index (χ4n) is 2.70. The zero-order valence-electron chi connectivity index (χ0n) is 9.23. The molecule has 2 atom stereocenters. The molecule has 0 aliphatic heterocycles. The maximum absolute atomic E-state index is 11.2. The van der Waals surface area contributed by atoms with Crippen LogP contribution < -0.4 is 0 Å². The highest BCUT2D eigenvalue weighted by atomic mass is 16.1. The minimum atomic E-state index is 0.339. The standard InChI is InChI=1S/C12H22O/c1-4-5-10(2)8-12(3)7-6-11(13)9-12/h10H,4-9H2,1-3H3. The Hall–Kier alpha value is -0.330. The summed E-state index contributed by atoms with van der Waals surface area (Å²) in [6, 6.07) is 0. The molecule has 0 aromatic carbocycles. The molecular weight excluding hydrogens is 160 g/mol. The number of hydrogen-bond donors (Lipinski definition) is 0. The minimum Gasteiger partial charge on any atom is -0.300 e. The van der Waals surface area contributed by atoms with Gasteiger partial charge < -0.3 is 0 Å². The van der Waals surface area contributed by atoms with Gasteiger partial charge in [-0.3, -0.25) is 4.79 Å². The predicted octanol–water partition coefficient (Wildman–Crippen LogP) is 3.57. The first kappa shape index (κ1) is 10.7. The van der Waals surface area contributed by atoms with Crippen LogP contribution in [0.25, 0.3) is 0 Å². The third-order valence-corrected chi connectivity index (χ3v) is 3.25. The Kier molecular flexibility index (Phi) is 3.52. The van der Waals surface area contributed by atoms with Crippen molar-refractivity contribution in [1.82, 2.24) is 0 Å². The highest BCUT2D eigenvalue weighted by Gasteiger charge is 2.34. The molecule has 0 N–H and O–H groups in total. The van der Waals surface area contributed by atoms with Gasteiger partial charge in [-0.1, -0.05) is 33.6 Å². The molecular formula is C12H22O. The average molecular weight is 182 g/mol. The van der Waals surface area contributed by atoms with Crippen molar-refractivity contribution in [2.24, 2.45) is 11.3 Å². The molecule has 13 heavy (non-hydrogen) atoms. The van der Waals surface area contributed by atoms with Crippen LogP contribution in [-0.4, -0.2) is 5.78 Å². The molecule has 1 aliphatic carbocycles. The zero-order valence-corrected chi connectivity index (χ0v) is 9.23. The van der Waals surface area contributed by atoms with Crippen LogP contribution >= 0.6 is 0 Å². The first-order valence-electron chi connectivity index (χ1n) is 5.57. The first-order chi connectivity index (χ1) is 6.06. The molecule has 1 nitrogen and oxygen atoms in total. The topological polar surface area (TPSA) is 17.1 Å². The maximum Gasteiger partial charge on any atom is 0.133 e. The Labute approximate surface area is 81.9 Å². The highest BCUT2D eigenvalue weighted by molar-refractivity contribution is 5.81. The summed E-state index contributed by atoms with van der Waals surface area (Å²) in [6.07, 6.45) is 6.61. The molecule has 1 aliphatic rings. The average Bonchev–Trinajstić information content (AvgIpc) is 2.30. The van der Waals surface area contributed by atoms with Crippen LogP contribution in [0.4, 0.5) is 0 Å². The molecule has 0 amide bonds. The van der Waals surface area contributed by atoms with Crippen LogP contribution in [-0.2, 0) is 4.79 Å². The summed E-state index contributed by atoms with van der Waals surface area (Å²) in [5.74, 6) is 1.27. The summed E-state index contributed by atoms with van der Waals surface area (Å²) in [4.78, 5) is 11.2. The van der Waals surface area contributed by atoms with E-state index >= 15 is 0 Å². The second-order valence-corrected chi connectivity index (χ2v) is 5.12. The Morgan fingerprint density at radius 3 is 2.69 bits per heavy atom. The van der Waals surface area contributed by atoms with E-state index in [-0.39, 0.29) is 0 Å². The van der Waals surface area contributed by atoms with Gasteiger partial charge in [-0.2, -0.15) is 0 Å². The van der Waals surface area contributed by atoms with Gasteiger partial charge in [0.2, 0.25) is 0 Å². The van der Waals surface area contributed by atoms with E-state index < -0.39 is 0 Å². The van der Waals surface area contributed by atoms with Crippen molar-refractivity contribution in [3.8, 4) is 0 Å². The molecule has 0 bridgehead atoms. The van der Waals surface area contributed by atoms with Crippen LogP contribution in [0.15, 0.2) is 0 Å². The lowest BCUT2D eigenvalue weighted by atomic mass is 9.79. The summed E-state index contributed by atoms with van der Waals surface area (Å²) in [5, 5.41) is 0. The monoisotopic (exact) mass is 182 g/mol. The van der Waals surface area contributed by atoms with Crippen LogP contribution in [0.2, 0.25) is 0 Å². The Morgan fingerprint density at radius 2 is 2.23 bits per heavy atom. The van der Waals surface area contributed by atoms with E-state index in [1.807, 2.05) is 0 Å². The van der Waals surface area contributed by atoms with Gasteiger partial charge >= 0.3 is 0 Å². The summed E-state index contributed by atoms with van der Waals surface area (Å²) >= 11 is 0. The lowest BCUT2D eigenvalue weighted by Crippen LogP contribution is -2.16. The molecule has 1 heteroatoms. The van der Waals surface area contributed by atoms with Crippen molar-refractivity contribution in [1.29, 1.82) is 0 Å². The van der Waals surface area contributed by atoms with E-state index in [9.17, 15) is 4.79 Å². The van der Waals surface area contributed by atoms with Gasteiger partial charge in [-0.25, -0.2) is 0 Å². The van der Waals surface area contributed by atoms with Crippen LogP contribution in [0.5, 0.6) is 0 Å². The largest absolute Gasteiger partial charge is 0.300 e. The molecule has 1 fully saturated rings. The smallest absolute Gasteiger partial charge is 0.133 e. The van der Waals surface area contributed by atoms with E-state index in [4.69, 9.17) is 0 Å². The summed E-state index contributed by atoms with van der Waals surface area (Å²) < 4.78 is 0. The van der Waals surface area contributed by atoms with Crippen molar-refractivity contribution >= 4 is 5.78 Å². The molecule has 0 spiro atoms. The van der Waals surface area contributed by atoms with E-state index in [2.05, 4.69) is 20.8 Å².